The molecule has 58 valence electrons. The molecule has 0 bridgehead atoms. The predicted octanol–water partition coefficient (Wildman–Crippen LogP) is 2.41. The van der Waals surface area contributed by atoms with Crippen LogP contribution in [-0.4, -0.2) is 5.78 Å². The van der Waals surface area contributed by atoms with Crippen LogP contribution in [-0.2, 0) is 4.79 Å². The highest BCUT2D eigenvalue weighted by molar-refractivity contribution is 6.01. The average molecular weight is 148 g/mol. The molecule has 1 heteroatoms. The summed E-state index contributed by atoms with van der Waals surface area (Å²) in [6.45, 7) is 5.66. The van der Waals surface area contributed by atoms with Gasteiger partial charge in [-0.3, -0.25) is 4.79 Å². The standard InChI is InChI=1S/C10H12O/c1-3-8-6-5-7-10(11)9(8)4-2/h4-6H,2-3,7H2,1H3. The minimum Gasteiger partial charge on any atom is -0.294 e. The Morgan fingerprint density at radius 2 is 2.45 bits per heavy atom. The van der Waals surface area contributed by atoms with E-state index in [1.807, 2.05) is 19.1 Å². The molecule has 0 saturated heterocycles. The minimum atomic E-state index is 0.194. The highest BCUT2D eigenvalue weighted by atomic mass is 16.1. The minimum absolute atomic E-state index is 0.194. The Bertz CT molecular complexity index is 244. The first kappa shape index (κ1) is 7.99. The van der Waals surface area contributed by atoms with Crippen LogP contribution in [0.2, 0.25) is 0 Å². The molecule has 0 fully saturated rings. The van der Waals surface area contributed by atoms with Crippen LogP contribution in [0.3, 0.4) is 0 Å². The average Bonchev–Trinajstić information content (AvgIpc) is 2.04. The lowest BCUT2D eigenvalue weighted by Crippen LogP contribution is -2.05. The Kier molecular flexibility index (Phi) is 2.42. The fourth-order valence-electron chi connectivity index (χ4n) is 1.24. The molecule has 0 radical (unpaired) electrons. The van der Waals surface area contributed by atoms with Gasteiger partial charge in [0.05, 0.1) is 0 Å². The summed E-state index contributed by atoms with van der Waals surface area (Å²) in [4.78, 5) is 11.2. The molecule has 1 aliphatic carbocycles. The van der Waals surface area contributed by atoms with Gasteiger partial charge in [-0.1, -0.05) is 31.7 Å². The molecule has 0 aromatic rings. The smallest absolute Gasteiger partial charge is 0.166 e. The number of carbonyl (C=O) groups is 1. The summed E-state index contributed by atoms with van der Waals surface area (Å²) >= 11 is 0. The van der Waals surface area contributed by atoms with Gasteiger partial charge in [0.15, 0.2) is 5.78 Å². The van der Waals surface area contributed by atoms with Gasteiger partial charge in [0.25, 0.3) is 0 Å². The third-order valence-electron chi connectivity index (χ3n) is 1.85. The number of ketones is 1. The molecule has 1 nitrogen and oxygen atoms in total. The van der Waals surface area contributed by atoms with Crippen molar-refractivity contribution >= 4 is 5.78 Å². The number of hydrogen-bond acceptors (Lipinski definition) is 1. The second-order valence-electron chi connectivity index (χ2n) is 2.53. The number of allylic oxidation sites excluding steroid dienone is 5. The van der Waals surface area contributed by atoms with Crippen molar-refractivity contribution in [3.63, 3.8) is 0 Å². The van der Waals surface area contributed by atoms with E-state index in [4.69, 9.17) is 0 Å². The van der Waals surface area contributed by atoms with Gasteiger partial charge >= 0.3 is 0 Å². The van der Waals surface area contributed by atoms with Gasteiger partial charge in [0.2, 0.25) is 0 Å². The van der Waals surface area contributed by atoms with Crippen molar-refractivity contribution in [1.82, 2.24) is 0 Å². The Balaban J connectivity index is 3.04. The Labute approximate surface area is 67.1 Å². The van der Waals surface area contributed by atoms with E-state index < -0.39 is 0 Å². The van der Waals surface area contributed by atoms with Crippen molar-refractivity contribution in [2.24, 2.45) is 0 Å². The number of hydrogen-bond donors (Lipinski definition) is 0. The SMILES string of the molecule is C=CC1=C(CC)C=CCC1=O. The van der Waals surface area contributed by atoms with Gasteiger partial charge in [-0.25, -0.2) is 0 Å². The van der Waals surface area contributed by atoms with Gasteiger partial charge < -0.3 is 0 Å². The molecule has 0 aliphatic heterocycles. The lowest BCUT2D eigenvalue weighted by Gasteiger charge is -2.09. The lowest BCUT2D eigenvalue weighted by atomic mass is 9.95. The van der Waals surface area contributed by atoms with Crippen LogP contribution < -0.4 is 0 Å². The molecule has 0 spiro atoms. The van der Waals surface area contributed by atoms with Crippen LogP contribution >= 0.6 is 0 Å². The largest absolute Gasteiger partial charge is 0.294 e. The molecule has 0 N–H and O–H groups in total. The Morgan fingerprint density at radius 1 is 1.73 bits per heavy atom. The van der Waals surface area contributed by atoms with Crippen molar-refractivity contribution in [2.45, 2.75) is 19.8 Å². The van der Waals surface area contributed by atoms with E-state index in [1.165, 1.54) is 0 Å². The second-order valence-corrected chi connectivity index (χ2v) is 2.53. The van der Waals surface area contributed by atoms with E-state index in [2.05, 4.69) is 6.58 Å². The molecule has 0 unspecified atom stereocenters. The lowest BCUT2D eigenvalue weighted by molar-refractivity contribution is -0.114. The highest BCUT2D eigenvalue weighted by Crippen LogP contribution is 2.18. The zero-order valence-electron chi connectivity index (χ0n) is 6.76. The fourth-order valence-corrected chi connectivity index (χ4v) is 1.24. The van der Waals surface area contributed by atoms with Crippen LogP contribution in [0.25, 0.3) is 0 Å². The van der Waals surface area contributed by atoms with Crippen molar-refractivity contribution in [2.75, 3.05) is 0 Å². The van der Waals surface area contributed by atoms with Gasteiger partial charge in [-0.05, 0) is 12.0 Å². The van der Waals surface area contributed by atoms with Crippen LogP contribution in [0, 0.1) is 0 Å². The third kappa shape index (κ3) is 1.48. The summed E-state index contributed by atoms with van der Waals surface area (Å²) in [5, 5.41) is 0. The van der Waals surface area contributed by atoms with Crippen molar-refractivity contribution < 1.29 is 4.79 Å². The van der Waals surface area contributed by atoms with Crippen LogP contribution in [0.4, 0.5) is 0 Å². The van der Waals surface area contributed by atoms with E-state index in [1.54, 1.807) is 6.08 Å². The van der Waals surface area contributed by atoms with E-state index in [9.17, 15) is 4.79 Å². The fraction of sp³-hybridized carbons (Fsp3) is 0.300. The van der Waals surface area contributed by atoms with E-state index in [-0.39, 0.29) is 5.78 Å². The molecule has 0 aromatic heterocycles. The number of carbonyl (C=O) groups excluding carboxylic acids is 1. The van der Waals surface area contributed by atoms with Gasteiger partial charge in [0, 0.05) is 12.0 Å². The summed E-state index contributed by atoms with van der Waals surface area (Å²) in [6, 6.07) is 0. The zero-order valence-corrected chi connectivity index (χ0v) is 6.76. The zero-order chi connectivity index (χ0) is 8.27. The summed E-state index contributed by atoms with van der Waals surface area (Å²) in [6.07, 6.45) is 7.02. The topological polar surface area (TPSA) is 17.1 Å². The third-order valence-corrected chi connectivity index (χ3v) is 1.85. The van der Waals surface area contributed by atoms with Gasteiger partial charge in [-0.15, -0.1) is 0 Å². The summed E-state index contributed by atoms with van der Waals surface area (Å²) in [5.74, 6) is 0.194. The van der Waals surface area contributed by atoms with Crippen LogP contribution in [0.5, 0.6) is 0 Å². The molecule has 0 amide bonds. The molecular formula is C10H12O. The normalized spacial score (nSPS) is 17.4. The van der Waals surface area contributed by atoms with E-state index in [0.717, 1.165) is 17.6 Å². The van der Waals surface area contributed by atoms with E-state index in [0.29, 0.717) is 6.42 Å². The van der Waals surface area contributed by atoms with Crippen molar-refractivity contribution in [1.29, 1.82) is 0 Å². The maximum atomic E-state index is 11.2. The maximum absolute atomic E-state index is 11.2. The molecule has 0 heterocycles. The Hall–Kier alpha value is -1.11. The molecule has 0 saturated carbocycles. The van der Waals surface area contributed by atoms with Gasteiger partial charge in [0.1, 0.15) is 0 Å². The first-order chi connectivity index (χ1) is 5.29. The highest BCUT2D eigenvalue weighted by Gasteiger charge is 2.11. The quantitative estimate of drug-likeness (QED) is 0.587. The van der Waals surface area contributed by atoms with Crippen molar-refractivity contribution in [3.05, 3.63) is 36.0 Å². The molecule has 0 aromatic carbocycles. The number of Topliss-reactive ketones (excluding diaryl/α,β-unsaturated/α-hetero) is 1. The van der Waals surface area contributed by atoms with Gasteiger partial charge in [-0.2, -0.15) is 0 Å². The summed E-state index contributed by atoms with van der Waals surface area (Å²) in [5.41, 5.74) is 1.91. The second kappa shape index (κ2) is 3.33. The molecule has 1 rings (SSSR count). The number of rotatable bonds is 2. The maximum Gasteiger partial charge on any atom is 0.166 e. The molecular weight excluding hydrogens is 136 g/mol. The molecule has 11 heavy (non-hydrogen) atoms. The van der Waals surface area contributed by atoms with Crippen molar-refractivity contribution in [3.8, 4) is 0 Å². The summed E-state index contributed by atoms with van der Waals surface area (Å²) in [7, 11) is 0. The molecule has 0 atom stereocenters. The monoisotopic (exact) mass is 148 g/mol. The Morgan fingerprint density at radius 3 is 2.91 bits per heavy atom. The van der Waals surface area contributed by atoms with Crippen LogP contribution in [0.1, 0.15) is 19.8 Å². The predicted molar refractivity (Wildman–Crippen MR) is 46.3 cm³/mol. The first-order valence-electron chi connectivity index (χ1n) is 3.85. The van der Waals surface area contributed by atoms with Crippen LogP contribution in [0.15, 0.2) is 36.0 Å². The summed E-state index contributed by atoms with van der Waals surface area (Å²) < 4.78 is 0. The molecule has 1 aliphatic rings. The van der Waals surface area contributed by atoms with E-state index >= 15 is 0 Å². The first-order valence-corrected chi connectivity index (χ1v) is 3.85.